The predicted molar refractivity (Wildman–Crippen MR) is 83.6 cm³/mol. The summed E-state index contributed by atoms with van der Waals surface area (Å²) in [5.74, 6) is 0.958. The number of para-hydroxylation sites is 2. The van der Waals surface area contributed by atoms with Gasteiger partial charge < -0.3 is 0 Å². The average molecular weight is 248 g/mol. The minimum atomic E-state index is 0.958. The Labute approximate surface area is 112 Å². The monoisotopic (exact) mass is 248 g/mol. The minimum Gasteiger partial charge on any atom is -0.294 e. The van der Waals surface area contributed by atoms with Crippen LogP contribution in [-0.4, -0.2) is 10.8 Å². The van der Waals surface area contributed by atoms with Crippen LogP contribution in [0, 0.1) is 0 Å². The molecular weight excluding hydrogens is 232 g/mol. The fourth-order valence-electron chi connectivity index (χ4n) is 2.56. The van der Waals surface area contributed by atoms with Gasteiger partial charge in [-0.1, -0.05) is 36.4 Å². The van der Waals surface area contributed by atoms with Gasteiger partial charge in [-0.3, -0.25) is 4.57 Å². The summed E-state index contributed by atoms with van der Waals surface area (Å²) >= 11 is 0. The maximum Gasteiger partial charge on any atom is 0.132 e. The van der Waals surface area contributed by atoms with E-state index < -0.39 is 0 Å². The molecule has 0 saturated heterocycles. The Hall–Kier alpha value is -2.35. The maximum atomic E-state index is 4.48. The number of hydrogen-bond donors (Lipinski definition) is 0. The largest absolute Gasteiger partial charge is 0.294 e. The predicted octanol–water partition coefficient (Wildman–Crippen LogP) is 4.70. The molecule has 0 N–H and O–H groups in total. The number of nitrogens with zero attached hydrogens (tertiary/aromatic N) is 2. The van der Waals surface area contributed by atoms with Crippen molar-refractivity contribution < 1.29 is 0 Å². The van der Waals surface area contributed by atoms with Gasteiger partial charge >= 0.3 is 0 Å². The first-order valence-electron chi connectivity index (χ1n) is 6.50. The van der Waals surface area contributed by atoms with Crippen LogP contribution in [0.25, 0.3) is 27.6 Å². The molecule has 19 heavy (non-hydrogen) atoms. The van der Waals surface area contributed by atoms with Crippen LogP contribution in [0.2, 0.25) is 0 Å². The zero-order valence-electron chi connectivity index (χ0n) is 11.2. The van der Waals surface area contributed by atoms with Crippen molar-refractivity contribution in [3.8, 4) is 0 Å². The number of allylic oxidation sites excluding steroid dienone is 1. The van der Waals surface area contributed by atoms with Crippen molar-refractivity contribution in [2.75, 3.05) is 0 Å². The number of rotatable bonds is 2. The quantitative estimate of drug-likeness (QED) is 0.585. The van der Waals surface area contributed by atoms with E-state index in [0.717, 1.165) is 5.82 Å². The summed E-state index contributed by atoms with van der Waals surface area (Å²) in [5, 5.41) is 2.53. The van der Waals surface area contributed by atoms with Gasteiger partial charge in [0.05, 0.1) is 11.0 Å². The lowest BCUT2D eigenvalue weighted by Gasteiger charge is -2.07. The zero-order chi connectivity index (χ0) is 13.2. The molecule has 2 aromatic carbocycles. The van der Waals surface area contributed by atoms with Crippen LogP contribution < -0.4 is 0 Å². The lowest BCUT2D eigenvalue weighted by atomic mass is 10.2. The highest BCUT2D eigenvalue weighted by Crippen LogP contribution is 2.31. The molecule has 3 rings (SSSR count). The van der Waals surface area contributed by atoms with Crippen LogP contribution in [-0.2, 0) is 0 Å². The van der Waals surface area contributed by atoms with E-state index in [0.29, 0.717) is 0 Å². The third kappa shape index (κ3) is 1.76. The second-order valence-electron chi connectivity index (χ2n) is 4.40. The van der Waals surface area contributed by atoms with Crippen molar-refractivity contribution in [2.45, 2.75) is 13.8 Å². The summed E-state index contributed by atoms with van der Waals surface area (Å²) in [6, 6.07) is 16.9. The molecule has 0 aliphatic heterocycles. The Morgan fingerprint density at radius 2 is 1.42 bits per heavy atom. The molecule has 94 valence electrons. The molecule has 0 aliphatic rings. The fraction of sp³-hybridized carbons (Fsp3) is 0.118. The third-order valence-corrected chi connectivity index (χ3v) is 3.33. The molecule has 0 fully saturated rings. The molecule has 0 amide bonds. The van der Waals surface area contributed by atoms with E-state index in [-0.39, 0.29) is 0 Å². The molecule has 0 unspecified atom stereocenters. The molecule has 0 aliphatic carbocycles. The van der Waals surface area contributed by atoms with E-state index in [4.69, 9.17) is 0 Å². The molecule has 0 saturated carbocycles. The summed E-state index contributed by atoms with van der Waals surface area (Å²) in [5.41, 5.74) is 2.39. The van der Waals surface area contributed by atoms with Crippen molar-refractivity contribution >= 4 is 33.8 Å². The highest BCUT2D eigenvalue weighted by atomic mass is 15.1. The first-order valence-corrected chi connectivity index (χ1v) is 6.50. The van der Waals surface area contributed by atoms with Crippen molar-refractivity contribution in [1.82, 2.24) is 4.57 Å². The van der Waals surface area contributed by atoms with Crippen molar-refractivity contribution in [3.05, 3.63) is 54.6 Å². The number of aliphatic imine (C=N–C) groups is 1. The van der Waals surface area contributed by atoms with E-state index in [1.54, 1.807) is 0 Å². The molecule has 1 aromatic heterocycles. The average Bonchev–Trinajstić information content (AvgIpc) is 2.80. The second-order valence-corrected chi connectivity index (χ2v) is 4.40. The molecule has 0 atom stereocenters. The van der Waals surface area contributed by atoms with Crippen LogP contribution in [0.1, 0.15) is 13.8 Å². The number of benzene rings is 2. The summed E-state index contributed by atoms with van der Waals surface area (Å²) in [6.45, 7) is 3.96. The van der Waals surface area contributed by atoms with Crippen LogP contribution in [0.3, 0.4) is 0 Å². The van der Waals surface area contributed by atoms with Crippen molar-refractivity contribution in [2.24, 2.45) is 4.99 Å². The summed E-state index contributed by atoms with van der Waals surface area (Å²) in [6.07, 6.45) is 3.87. The molecule has 0 spiro atoms. The van der Waals surface area contributed by atoms with Crippen LogP contribution >= 0.6 is 0 Å². The minimum absolute atomic E-state index is 0.958. The van der Waals surface area contributed by atoms with Gasteiger partial charge in [-0.2, -0.15) is 0 Å². The first-order chi connectivity index (χ1) is 9.36. The molecule has 1 heterocycles. The summed E-state index contributed by atoms with van der Waals surface area (Å²) < 4.78 is 2.21. The molecule has 0 radical (unpaired) electrons. The van der Waals surface area contributed by atoms with Crippen molar-refractivity contribution in [3.63, 3.8) is 0 Å². The highest BCUT2D eigenvalue weighted by Gasteiger charge is 2.11. The van der Waals surface area contributed by atoms with Gasteiger partial charge in [-0.05, 0) is 32.1 Å². The molecule has 2 nitrogen and oxygen atoms in total. The first kappa shape index (κ1) is 11.7. The van der Waals surface area contributed by atoms with Crippen LogP contribution in [0.5, 0.6) is 0 Å². The fourth-order valence-corrected chi connectivity index (χ4v) is 2.56. The summed E-state index contributed by atoms with van der Waals surface area (Å²) in [7, 11) is 0. The van der Waals surface area contributed by atoms with E-state index in [2.05, 4.69) is 58.1 Å². The standard InChI is InChI=1S/C17H16N2/c1-3-17(18-4-2)19-15-11-7-5-9-13(15)14-10-6-8-12-16(14)19/h3-12H,1-2H3/b17-3+,18-4-. The number of fused-ring (bicyclic) bond motifs is 3. The van der Waals surface area contributed by atoms with Crippen LogP contribution in [0.4, 0.5) is 0 Å². The van der Waals surface area contributed by atoms with Gasteiger partial charge in [0.1, 0.15) is 5.82 Å². The normalized spacial score (nSPS) is 12.8. The van der Waals surface area contributed by atoms with E-state index in [9.17, 15) is 0 Å². The van der Waals surface area contributed by atoms with E-state index in [1.165, 1.54) is 21.8 Å². The van der Waals surface area contributed by atoms with Gasteiger partial charge in [0.2, 0.25) is 0 Å². The van der Waals surface area contributed by atoms with Crippen molar-refractivity contribution in [1.29, 1.82) is 0 Å². The van der Waals surface area contributed by atoms with E-state index >= 15 is 0 Å². The van der Waals surface area contributed by atoms with E-state index in [1.807, 2.05) is 26.1 Å². The zero-order valence-corrected chi connectivity index (χ0v) is 11.2. The highest BCUT2D eigenvalue weighted by molar-refractivity contribution is 6.10. The third-order valence-electron chi connectivity index (χ3n) is 3.33. The molecule has 3 aromatic rings. The molecule has 2 heteroatoms. The lowest BCUT2D eigenvalue weighted by Crippen LogP contribution is -1.94. The summed E-state index contributed by atoms with van der Waals surface area (Å²) in [4.78, 5) is 4.48. The van der Waals surface area contributed by atoms with Gasteiger partial charge in [0.15, 0.2) is 0 Å². The second kappa shape index (κ2) is 4.73. The van der Waals surface area contributed by atoms with Crippen LogP contribution in [0.15, 0.2) is 59.6 Å². The smallest absolute Gasteiger partial charge is 0.132 e. The Bertz CT molecular complexity index is 738. The SMILES string of the molecule is C/C=N\C(=C/C)n1c2ccccc2c2ccccc21. The Morgan fingerprint density at radius 3 is 1.89 bits per heavy atom. The Balaban J connectivity index is 2.50. The Morgan fingerprint density at radius 1 is 0.895 bits per heavy atom. The van der Waals surface area contributed by atoms with Gasteiger partial charge in [-0.25, -0.2) is 4.99 Å². The maximum absolute atomic E-state index is 4.48. The lowest BCUT2D eigenvalue weighted by molar-refractivity contribution is 1.17. The Kier molecular flexibility index (Phi) is 2.92. The van der Waals surface area contributed by atoms with Gasteiger partial charge in [-0.15, -0.1) is 0 Å². The van der Waals surface area contributed by atoms with Gasteiger partial charge in [0.25, 0.3) is 0 Å². The number of aromatic nitrogens is 1. The molecule has 0 bridgehead atoms. The topological polar surface area (TPSA) is 17.3 Å². The number of hydrogen-bond acceptors (Lipinski definition) is 1. The molecular formula is C17H16N2. The van der Waals surface area contributed by atoms with Gasteiger partial charge in [0, 0.05) is 17.0 Å².